The highest BCUT2D eigenvalue weighted by atomic mass is 79.9. The van der Waals surface area contributed by atoms with Crippen LogP contribution in [0.2, 0.25) is 0 Å². The molecule has 1 unspecified atom stereocenters. The molecule has 1 atom stereocenters. The minimum Gasteiger partial charge on any atom is -0.327 e. The fourth-order valence-electron chi connectivity index (χ4n) is 1.54. The largest absolute Gasteiger partial charge is 0.327 e. The monoisotopic (exact) mass is 405 g/mol. The van der Waals surface area contributed by atoms with E-state index in [-0.39, 0.29) is 6.04 Å². The molecular weight excluding hydrogens is 394 g/mol. The van der Waals surface area contributed by atoms with Crippen molar-refractivity contribution < 1.29 is 0 Å². The summed E-state index contributed by atoms with van der Waals surface area (Å²) in [7, 11) is 0. The summed E-state index contributed by atoms with van der Waals surface area (Å²) in [6.07, 6.45) is 0.938. The highest BCUT2D eigenvalue weighted by Gasteiger charge is 2.08. The van der Waals surface area contributed by atoms with Crippen LogP contribution < -0.4 is 5.73 Å². The van der Waals surface area contributed by atoms with Gasteiger partial charge in [-0.3, -0.25) is 0 Å². The number of thioether (sulfide) groups is 1. The van der Waals surface area contributed by atoms with Gasteiger partial charge in [0.25, 0.3) is 0 Å². The molecule has 2 aromatic rings. The second kappa shape index (κ2) is 7.10. The minimum absolute atomic E-state index is 0.188. The Balaban J connectivity index is 1.85. The molecule has 0 aliphatic carbocycles. The first kappa shape index (κ1) is 14.6. The van der Waals surface area contributed by atoms with Crippen molar-refractivity contribution in [3.05, 3.63) is 49.5 Å². The fourth-order valence-corrected chi connectivity index (χ4v) is 4.63. The maximum absolute atomic E-state index is 6.17. The Labute approximate surface area is 132 Å². The van der Waals surface area contributed by atoms with Gasteiger partial charge in [-0.05, 0) is 62.5 Å². The van der Waals surface area contributed by atoms with Crippen molar-refractivity contribution >= 4 is 55.0 Å². The summed E-state index contributed by atoms with van der Waals surface area (Å²) in [6, 6.07) is 12.7. The number of thiophene rings is 1. The highest BCUT2D eigenvalue weighted by Crippen LogP contribution is 2.28. The van der Waals surface area contributed by atoms with E-state index in [4.69, 9.17) is 5.73 Å². The predicted molar refractivity (Wildman–Crippen MR) is 88.6 cm³/mol. The molecule has 1 aromatic heterocycles. The van der Waals surface area contributed by atoms with Crippen LogP contribution in [0, 0.1) is 0 Å². The van der Waals surface area contributed by atoms with Crippen LogP contribution in [0.3, 0.4) is 0 Å². The number of benzene rings is 1. The fraction of sp³-hybridized carbons (Fsp3) is 0.231. The lowest BCUT2D eigenvalue weighted by molar-refractivity contribution is 0.757. The minimum atomic E-state index is 0.188. The zero-order valence-electron chi connectivity index (χ0n) is 9.61. The van der Waals surface area contributed by atoms with Gasteiger partial charge in [-0.25, -0.2) is 0 Å². The SMILES string of the molecule is NC(CSc1ccccc1Br)Cc1ccc(Br)s1. The molecule has 5 heteroatoms. The summed E-state index contributed by atoms with van der Waals surface area (Å²) in [5.41, 5.74) is 6.17. The highest BCUT2D eigenvalue weighted by molar-refractivity contribution is 9.11. The van der Waals surface area contributed by atoms with Gasteiger partial charge in [0.1, 0.15) is 0 Å². The first-order valence-corrected chi connectivity index (χ1v) is 8.91. The van der Waals surface area contributed by atoms with Crippen LogP contribution in [-0.4, -0.2) is 11.8 Å². The normalized spacial score (nSPS) is 12.6. The Kier molecular flexibility index (Phi) is 5.76. The second-order valence-electron chi connectivity index (χ2n) is 3.91. The average molecular weight is 407 g/mol. The third-order valence-corrected chi connectivity index (χ3v) is 6.24. The van der Waals surface area contributed by atoms with Gasteiger partial charge < -0.3 is 5.73 Å². The Morgan fingerprint density at radius 1 is 1.17 bits per heavy atom. The van der Waals surface area contributed by atoms with Crippen molar-refractivity contribution in [1.29, 1.82) is 0 Å². The van der Waals surface area contributed by atoms with Crippen LogP contribution in [0.25, 0.3) is 0 Å². The Hall–Kier alpha value is 0.190. The molecule has 0 amide bonds. The molecule has 2 rings (SSSR count). The van der Waals surface area contributed by atoms with Crippen LogP contribution in [-0.2, 0) is 6.42 Å². The Morgan fingerprint density at radius 3 is 2.61 bits per heavy atom. The molecule has 0 saturated heterocycles. The molecule has 0 bridgehead atoms. The molecule has 0 aliphatic rings. The van der Waals surface area contributed by atoms with Gasteiger partial charge in [0.05, 0.1) is 3.79 Å². The van der Waals surface area contributed by atoms with E-state index >= 15 is 0 Å². The smallest absolute Gasteiger partial charge is 0.0701 e. The van der Waals surface area contributed by atoms with Crippen LogP contribution >= 0.6 is 55.0 Å². The van der Waals surface area contributed by atoms with E-state index in [2.05, 4.69) is 62.2 Å². The van der Waals surface area contributed by atoms with E-state index in [1.165, 1.54) is 13.6 Å². The summed E-state index contributed by atoms with van der Waals surface area (Å²) in [5, 5.41) is 0. The zero-order valence-corrected chi connectivity index (χ0v) is 14.4. The first-order chi connectivity index (χ1) is 8.65. The molecule has 0 fully saturated rings. The first-order valence-electron chi connectivity index (χ1n) is 5.52. The summed E-state index contributed by atoms with van der Waals surface area (Å²) in [4.78, 5) is 2.59. The Bertz CT molecular complexity index is 513. The zero-order chi connectivity index (χ0) is 13.0. The van der Waals surface area contributed by atoms with Gasteiger partial charge in [0, 0.05) is 26.0 Å². The van der Waals surface area contributed by atoms with Gasteiger partial charge in [-0.15, -0.1) is 23.1 Å². The van der Waals surface area contributed by atoms with Gasteiger partial charge in [0.15, 0.2) is 0 Å². The number of halogens is 2. The molecule has 1 aromatic carbocycles. The second-order valence-corrected chi connectivity index (χ2v) is 8.38. The van der Waals surface area contributed by atoms with E-state index in [0.717, 1.165) is 16.6 Å². The summed E-state index contributed by atoms with van der Waals surface area (Å²) >= 11 is 10.6. The molecule has 0 spiro atoms. The van der Waals surface area contributed by atoms with Crippen molar-refractivity contribution in [2.24, 2.45) is 5.73 Å². The number of hydrogen-bond donors (Lipinski definition) is 1. The van der Waals surface area contributed by atoms with Crippen molar-refractivity contribution in [2.75, 3.05) is 5.75 Å². The van der Waals surface area contributed by atoms with Gasteiger partial charge >= 0.3 is 0 Å². The Morgan fingerprint density at radius 2 is 1.94 bits per heavy atom. The standard InChI is InChI=1S/C13H13Br2NS2/c14-11-3-1-2-4-12(11)17-8-9(16)7-10-5-6-13(15)18-10/h1-6,9H,7-8,16H2. The molecular formula is C13H13Br2NS2. The lowest BCUT2D eigenvalue weighted by atomic mass is 10.2. The van der Waals surface area contributed by atoms with Gasteiger partial charge in [-0.1, -0.05) is 12.1 Å². The predicted octanol–water partition coefficient (Wildman–Crippen LogP) is 4.94. The summed E-state index contributed by atoms with van der Waals surface area (Å²) < 4.78 is 2.31. The molecule has 0 saturated carbocycles. The molecule has 18 heavy (non-hydrogen) atoms. The molecule has 1 nitrogen and oxygen atoms in total. The van der Waals surface area contributed by atoms with Gasteiger partial charge in [-0.2, -0.15) is 0 Å². The van der Waals surface area contributed by atoms with Crippen molar-refractivity contribution in [3.8, 4) is 0 Å². The topological polar surface area (TPSA) is 26.0 Å². The van der Waals surface area contributed by atoms with Crippen LogP contribution in [0.1, 0.15) is 4.88 Å². The lowest BCUT2D eigenvalue weighted by Crippen LogP contribution is -2.25. The molecule has 0 aliphatic heterocycles. The van der Waals surface area contributed by atoms with E-state index < -0.39 is 0 Å². The van der Waals surface area contributed by atoms with E-state index in [1.807, 2.05) is 6.07 Å². The molecule has 2 N–H and O–H groups in total. The number of hydrogen-bond acceptors (Lipinski definition) is 3. The quantitative estimate of drug-likeness (QED) is 0.712. The van der Waals surface area contributed by atoms with Crippen LogP contribution in [0.5, 0.6) is 0 Å². The molecule has 0 radical (unpaired) electrons. The van der Waals surface area contributed by atoms with E-state index in [1.54, 1.807) is 23.1 Å². The van der Waals surface area contributed by atoms with Crippen molar-refractivity contribution in [3.63, 3.8) is 0 Å². The summed E-state index contributed by atoms with van der Waals surface area (Å²) in [6.45, 7) is 0. The molecule has 96 valence electrons. The molecule has 1 heterocycles. The number of nitrogens with two attached hydrogens (primary N) is 1. The van der Waals surface area contributed by atoms with Crippen molar-refractivity contribution in [1.82, 2.24) is 0 Å². The van der Waals surface area contributed by atoms with Gasteiger partial charge in [0.2, 0.25) is 0 Å². The maximum Gasteiger partial charge on any atom is 0.0701 e. The number of rotatable bonds is 5. The third kappa shape index (κ3) is 4.38. The summed E-state index contributed by atoms with van der Waals surface area (Å²) in [5.74, 6) is 0.929. The average Bonchev–Trinajstić information content (AvgIpc) is 2.74. The van der Waals surface area contributed by atoms with E-state index in [9.17, 15) is 0 Å². The van der Waals surface area contributed by atoms with Crippen molar-refractivity contribution in [2.45, 2.75) is 17.4 Å². The van der Waals surface area contributed by atoms with Crippen LogP contribution in [0.4, 0.5) is 0 Å². The van der Waals surface area contributed by atoms with E-state index in [0.29, 0.717) is 0 Å². The third-order valence-electron chi connectivity index (χ3n) is 2.38. The van der Waals surface area contributed by atoms with Crippen LogP contribution in [0.15, 0.2) is 49.6 Å². The maximum atomic E-state index is 6.17. The lowest BCUT2D eigenvalue weighted by Gasteiger charge is -2.10.